The highest BCUT2D eigenvalue weighted by atomic mass is 127. The zero-order chi connectivity index (χ0) is 11.1. The van der Waals surface area contributed by atoms with E-state index >= 15 is 0 Å². The molecule has 0 amide bonds. The molecule has 0 unspecified atom stereocenters. The summed E-state index contributed by atoms with van der Waals surface area (Å²) in [5, 5.41) is 0. The molecular formula is C13H19IO. The minimum atomic E-state index is 0.841. The van der Waals surface area contributed by atoms with E-state index < -0.39 is 0 Å². The van der Waals surface area contributed by atoms with Gasteiger partial charge in [-0.3, -0.25) is 0 Å². The molecule has 0 aromatic heterocycles. The monoisotopic (exact) mass is 318 g/mol. The third kappa shape index (κ3) is 4.41. The van der Waals surface area contributed by atoms with Crippen LogP contribution in [-0.4, -0.2) is 6.61 Å². The molecule has 0 atom stereocenters. The lowest BCUT2D eigenvalue weighted by molar-refractivity contribution is 0.306. The zero-order valence-electron chi connectivity index (χ0n) is 9.55. The summed E-state index contributed by atoms with van der Waals surface area (Å²) in [6, 6.07) is 6.48. The Kier molecular flexibility index (Phi) is 6.06. The maximum atomic E-state index is 5.81. The Morgan fingerprint density at radius 3 is 2.67 bits per heavy atom. The SMILES string of the molecule is CCCCOc1cc(I)ccc1CCC. The quantitative estimate of drug-likeness (QED) is 0.557. The first-order chi connectivity index (χ1) is 7.27. The van der Waals surface area contributed by atoms with Gasteiger partial charge in [-0.25, -0.2) is 0 Å². The topological polar surface area (TPSA) is 9.23 Å². The van der Waals surface area contributed by atoms with Crippen LogP contribution in [0.5, 0.6) is 5.75 Å². The summed E-state index contributed by atoms with van der Waals surface area (Å²) in [5.41, 5.74) is 1.34. The Bertz CT molecular complexity index is 297. The van der Waals surface area contributed by atoms with Gasteiger partial charge >= 0.3 is 0 Å². The smallest absolute Gasteiger partial charge is 0.123 e. The largest absolute Gasteiger partial charge is 0.493 e. The van der Waals surface area contributed by atoms with E-state index in [1.54, 1.807) is 0 Å². The first kappa shape index (κ1) is 12.8. The van der Waals surface area contributed by atoms with Crippen molar-refractivity contribution in [1.82, 2.24) is 0 Å². The number of rotatable bonds is 6. The molecule has 84 valence electrons. The van der Waals surface area contributed by atoms with E-state index in [2.05, 4.69) is 54.6 Å². The van der Waals surface area contributed by atoms with E-state index in [4.69, 9.17) is 4.74 Å². The average molecular weight is 318 g/mol. The van der Waals surface area contributed by atoms with Gasteiger partial charge in [0.25, 0.3) is 0 Å². The summed E-state index contributed by atoms with van der Waals surface area (Å²) in [7, 11) is 0. The van der Waals surface area contributed by atoms with Crippen LogP contribution in [0.1, 0.15) is 38.7 Å². The molecule has 0 spiro atoms. The molecule has 1 nitrogen and oxygen atoms in total. The molecule has 0 aliphatic heterocycles. The summed E-state index contributed by atoms with van der Waals surface area (Å²) < 4.78 is 7.06. The van der Waals surface area contributed by atoms with Crippen LogP contribution in [-0.2, 0) is 6.42 Å². The van der Waals surface area contributed by atoms with Gasteiger partial charge in [0.15, 0.2) is 0 Å². The van der Waals surface area contributed by atoms with Gasteiger partial charge in [-0.1, -0.05) is 32.8 Å². The summed E-state index contributed by atoms with van der Waals surface area (Å²) in [6.45, 7) is 5.23. The molecule has 0 saturated heterocycles. The van der Waals surface area contributed by atoms with E-state index in [9.17, 15) is 0 Å². The Labute approximate surface area is 106 Å². The highest BCUT2D eigenvalue weighted by Crippen LogP contribution is 2.23. The summed E-state index contributed by atoms with van der Waals surface area (Å²) >= 11 is 2.33. The molecule has 0 heterocycles. The fourth-order valence-corrected chi connectivity index (χ4v) is 1.93. The normalized spacial score (nSPS) is 10.3. The third-order valence-electron chi connectivity index (χ3n) is 2.30. The Morgan fingerprint density at radius 1 is 1.20 bits per heavy atom. The Balaban J connectivity index is 2.68. The maximum absolute atomic E-state index is 5.81. The fourth-order valence-electron chi connectivity index (χ4n) is 1.47. The van der Waals surface area contributed by atoms with Crippen molar-refractivity contribution in [2.24, 2.45) is 0 Å². The van der Waals surface area contributed by atoms with Crippen LogP contribution >= 0.6 is 22.6 Å². The van der Waals surface area contributed by atoms with E-state index in [0.29, 0.717) is 0 Å². The zero-order valence-corrected chi connectivity index (χ0v) is 11.7. The molecule has 0 bridgehead atoms. The van der Waals surface area contributed by atoms with E-state index in [-0.39, 0.29) is 0 Å². The lowest BCUT2D eigenvalue weighted by atomic mass is 10.1. The first-order valence-corrected chi connectivity index (χ1v) is 6.77. The summed E-state index contributed by atoms with van der Waals surface area (Å²) in [4.78, 5) is 0. The van der Waals surface area contributed by atoms with Crippen molar-refractivity contribution in [3.63, 3.8) is 0 Å². The van der Waals surface area contributed by atoms with Crippen LogP contribution in [0, 0.1) is 3.57 Å². The van der Waals surface area contributed by atoms with Gasteiger partial charge in [0.05, 0.1) is 6.61 Å². The first-order valence-electron chi connectivity index (χ1n) is 5.69. The third-order valence-corrected chi connectivity index (χ3v) is 2.97. The van der Waals surface area contributed by atoms with Gasteiger partial charge in [-0.2, -0.15) is 0 Å². The number of aryl methyl sites for hydroxylation is 1. The number of halogens is 1. The van der Waals surface area contributed by atoms with Gasteiger partial charge in [0.1, 0.15) is 5.75 Å². The van der Waals surface area contributed by atoms with Crippen molar-refractivity contribution in [1.29, 1.82) is 0 Å². The molecule has 0 aliphatic carbocycles. The lowest BCUT2D eigenvalue weighted by Crippen LogP contribution is -2.00. The molecular weight excluding hydrogens is 299 g/mol. The second-order valence-corrected chi connectivity index (χ2v) is 4.95. The number of benzene rings is 1. The molecule has 15 heavy (non-hydrogen) atoms. The highest BCUT2D eigenvalue weighted by molar-refractivity contribution is 14.1. The van der Waals surface area contributed by atoms with E-state index in [1.165, 1.54) is 22.0 Å². The van der Waals surface area contributed by atoms with Gasteiger partial charge in [0.2, 0.25) is 0 Å². The van der Waals surface area contributed by atoms with Gasteiger partial charge in [-0.15, -0.1) is 0 Å². The van der Waals surface area contributed by atoms with Crippen LogP contribution in [0.25, 0.3) is 0 Å². The maximum Gasteiger partial charge on any atom is 0.123 e. The number of unbranched alkanes of at least 4 members (excludes halogenated alkanes) is 1. The van der Waals surface area contributed by atoms with Crippen molar-refractivity contribution in [2.45, 2.75) is 39.5 Å². The predicted molar refractivity (Wildman–Crippen MR) is 73.6 cm³/mol. The van der Waals surface area contributed by atoms with Crippen LogP contribution in [0.2, 0.25) is 0 Å². The van der Waals surface area contributed by atoms with Gasteiger partial charge in [-0.05, 0) is 53.1 Å². The second kappa shape index (κ2) is 7.09. The van der Waals surface area contributed by atoms with E-state index in [0.717, 1.165) is 25.2 Å². The predicted octanol–water partition coefficient (Wildman–Crippen LogP) is 4.42. The number of hydrogen-bond acceptors (Lipinski definition) is 1. The average Bonchev–Trinajstić information content (AvgIpc) is 2.22. The molecule has 0 aliphatic rings. The molecule has 1 aromatic rings. The van der Waals surface area contributed by atoms with Crippen molar-refractivity contribution in [3.8, 4) is 5.75 Å². The Morgan fingerprint density at radius 2 is 2.00 bits per heavy atom. The molecule has 1 rings (SSSR count). The van der Waals surface area contributed by atoms with Crippen molar-refractivity contribution in [3.05, 3.63) is 27.3 Å². The van der Waals surface area contributed by atoms with Gasteiger partial charge < -0.3 is 4.74 Å². The number of hydrogen-bond donors (Lipinski definition) is 0. The van der Waals surface area contributed by atoms with Crippen LogP contribution < -0.4 is 4.74 Å². The van der Waals surface area contributed by atoms with Crippen molar-refractivity contribution < 1.29 is 4.74 Å². The molecule has 2 heteroatoms. The van der Waals surface area contributed by atoms with Crippen LogP contribution in [0.15, 0.2) is 18.2 Å². The summed E-state index contributed by atoms with van der Waals surface area (Å²) in [5.74, 6) is 1.08. The lowest BCUT2D eigenvalue weighted by Gasteiger charge is -2.11. The standard InChI is InChI=1S/C13H19IO/c1-3-5-9-15-13-10-12(14)8-7-11(13)6-4-2/h7-8,10H,3-6,9H2,1-2H3. The molecule has 0 radical (unpaired) electrons. The van der Waals surface area contributed by atoms with Crippen molar-refractivity contribution >= 4 is 22.6 Å². The van der Waals surface area contributed by atoms with Crippen LogP contribution in [0.4, 0.5) is 0 Å². The fraction of sp³-hybridized carbons (Fsp3) is 0.538. The molecule has 0 fully saturated rings. The van der Waals surface area contributed by atoms with Gasteiger partial charge in [0, 0.05) is 3.57 Å². The molecule has 0 saturated carbocycles. The van der Waals surface area contributed by atoms with Crippen molar-refractivity contribution in [2.75, 3.05) is 6.61 Å². The van der Waals surface area contributed by atoms with E-state index in [1.807, 2.05) is 0 Å². The Hall–Kier alpha value is -0.250. The minimum Gasteiger partial charge on any atom is -0.493 e. The summed E-state index contributed by atoms with van der Waals surface area (Å²) in [6.07, 6.45) is 4.60. The highest BCUT2D eigenvalue weighted by Gasteiger charge is 2.03. The molecule has 0 N–H and O–H groups in total. The van der Waals surface area contributed by atoms with Crippen LogP contribution in [0.3, 0.4) is 0 Å². The minimum absolute atomic E-state index is 0.841. The second-order valence-electron chi connectivity index (χ2n) is 3.70. The molecule has 1 aromatic carbocycles. The number of ether oxygens (including phenoxy) is 1.